The maximum absolute atomic E-state index is 11.9. The minimum atomic E-state index is -0.568. The molecule has 1 aliphatic carbocycles. The van der Waals surface area contributed by atoms with E-state index in [0.717, 1.165) is 25.7 Å². The number of rotatable bonds is 3. The second-order valence-corrected chi connectivity index (χ2v) is 4.79. The Labute approximate surface area is 109 Å². The molecule has 1 saturated carbocycles. The normalized spacial score (nSPS) is 15.6. The molecule has 0 unspecified atom stereocenters. The third-order valence-electron chi connectivity index (χ3n) is 3.10. The van der Waals surface area contributed by atoms with Gasteiger partial charge in [0.2, 0.25) is 0 Å². The molecule has 0 heterocycles. The third-order valence-corrected chi connectivity index (χ3v) is 3.40. The summed E-state index contributed by atoms with van der Waals surface area (Å²) in [5.41, 5.74) is 0.173. The Morgan fingerprint density at radius 1 is 1.39 bits per heavy atom. The molecule has 18 heavy (non-hydrogen) atoms. The average molecular weight is 269 g/mol. The average Bonchev–Trinajstić information content (AvgIpc) is 2.81. The highest BCUT2D eigenvalue weighted by Gasteiger charge is 2.20. The van der Waals surface area contributed by atoms with Crippen LogP contribution in [0.15, 0.2) is 18.2 Å². The Kier molecular flexibility index (Phi) is 3.81. The Bertz CT molecular complexity index is 484. The van der Waals surface area contributed by atoms with Crippen LogP contribution < -0.4 is 5.32 Å². The van der Waals surface area contributed by atoms with Gasteiger partial charge in [-0.05, 0) is 25.0 Å². The largest absolute Gasteiger partial charge is 0.349 e. The number of hydrogen-bond acceptors (Lipinski definition) is 3. The molecule has 1 N–H and O–H groups in total. The van der Waals surface area contributed by atoms with Gasteiger partial charge in [-0.25, -0.2) is 0 Å². The van der Waals surface area contributed by atoms with Crippen molar-refractivity contribution in [1.82, 2.24) is 5.32 Å². The van der Waals surface area contributed by atoms with E-state index in [1.54, 1.807) is 0 Å². The summed E-state index contributed by atoms with van der Waals surface area (Å²) >= 11 is 5.76. The van der Waals surface area contributed by atoms with Crippen molar-refractivity contribution < 1.29 is 9.72 Å². The molecule has 1 aromatic carbocycles. The van der Waals surface area contributed by atoms with E-state index in [4.69, 9.17) is 11.6 Å². The summed E-state index contributed by atoms with van der Waals surface area (Å²) in [6.45, 7) is 0. The molecule has 1 aromatic rings. The summed E-state index contributed by atoms with van der Waals surface area (Å²) in [7, 11) is 0. The van der Waals surface area contributed by atoms with Gasteiger partial charge in [0.1, 0.15) is 5.02 Å². The van der Waals surface area contributed by atoms with E-state index >= 15 is 0 Å². The lowest BCUT2D eigenvalue weighted by Gasteiger charge is -2.11. The van der Waals surface area contributed by atoms with Gasteiger partial charge in [0.25, 0.3) is 11.6 Å². The van der Waals surface area contributed by atoms with Crippen LogP contribution in [0.25, 0.3) is 0 Å². The zero-order valence-electron chi connectivity index (χ0n) is 9.69. The monoisotopic (exact) mass is 268 g/mol. The van der Waals surface area contributed by atoms with Crippen molar-refractivity contribution in [2.75, 3.05) is 0 Å². The molecule has 0 bridgehead atoms. The van der Waals surface area contributed by atoms with Gasteiger partial charge in [0.05, 0.1) is 4.92 Å². The molecule has 0 aromatic heterocycles. The Balaban J connectivity index is 2.10. The van der Waals surface area contributed by atoms with E-state index in [-0.39, 0.29) is 22.7 Å². The van der Waals surface area contributed by atoms with Gasteiger partial charge >= 0.3 is 0 Å². The van der Waals surface area contributed by atoms with Gasteiger partial charge in [0.15, 0.2) is 0 Å². The fourth-order valence-electron chi connectivity index (χ4n) is 2.14. The van der Waals surface area contributed by atoms with Gasteiger partial charge < -0.3 is 5.32 Å². The summed E-state index contributed by atoms with van der Waals surface area (Å²) in [6.07, 6.45) is 4.25. The minimum Gasteiger partial charge on any atom is -0.349 e. The standard InChI is InChI=1S/C12H13ClN2O3/c13-10-7-8(5-6-11(10)15(17)18)12(16)14-9-3-1-2-4-9/h5-7,9H,1-4H2,(H,14,16). The molecular formula is C12H13ClN2O3. The predicted molar refractivity (Wildman–Crippen MR) is 67.8 cm³/mol. The van der Waals surface area contributed by atoms with Crippen LogP contribution in [-0.2, 0) is 0 Å². The summed E-state index contributed by atoms with van der Waals surface area (Å²) < 4.78 is 0. The van der Waals surface area contributed by atoms with Crippen LogP contribution in [0.1, 0.15) is 36.0 Å². The molecule has 6 heteroatoms. The van der Waals surface area contributed by atoms with Gasteiger partial charge in [-0.2, -0.15) is 0 Å². The van der Waals surface area contributed by atoms with Crippen molar-refractivity contribution in [1.29, 1.82) is 0 Å². The van der Waals surface area contributed by atoms with Crippen molar-refractivity contribution in [3.63, 3.8) is 0 Å². The molecule has 0 spiro atoms. The Morgan fingerprint density at radius 3 is 2.61 bits per heavy atom. The van der Waals surface area contributed by atoms with E-state index < -0.39 is 4.92 Å². The predicted octanol–water partition coefficient (Wildman–Crippen LogP) is 2.92. The first-order valence-electron chi connectivity index (χ1n) is 5.83. The number of nitro groups is 1. The quantitative estimate of drug-likeness (QED) is 0.677. The lowest BCUT2D eigenvalue weighted by atomic mass is 10.1. The lowest BCUT2D eigenvalue weighted by molar-refractivity contribution is -0.384. The fraction of sp³-hybridized carbons (Fsp3) is 0.417. The van der Waals surface area contributed by atoms with Crippen LogP contribution in [0, 0.1) is 10.1 Å². The first-order valence-corrected chi connectivity index (χ1v) is 6.20. The number of carbonyl (C=O) groups excluding carboxylic acids is 1. The van der Waals surface area contributed by atoms with Crippen LogP contribution in [0.4, 0.5) is 5.69 Å². The number of nitrogens with zero attached hydrogens (tertiary/aromatic N) is 1. The molecule has 0 radical (unpaired) electrons. The SMILES string of the molecule is O=C(NC1CCCC1)c1ccc([N+](=O)[O-])c(Cl)c1. The topological polar surface area (TPSA) is 72.2 Å². The van der Waals surface area contributed by atoms with E-state index in [0.29, 0.717) is 5.56 Å². The summed E-state index contributed by atoms with van der Waals surface area (Å²) in [5, 5.41) is 13.5. The molecule has 1 fully saturated rings. The van der Waals surface area contributed by atoms with Gasteiger partial charge in [-0.1, -0.05) is 24.4 Å². The van der Waals surface area contributed by atoms with Crippen LogP contribution in [-0.4, -0.2) is 16.9 Å². The van der Waals surface area contributed by atoms with Crippen molar-refractivity contribution >= 4 is 23.2 Å². The number of benzene rings is 1. The fourth-order valence-corrected chi connectivity index (χ4v) is 2.38. The Hall–Kier alpha value is -1.62. The Morgan fingerprint density at radius 2 is 2.06 bits per heavy atom. The molecule has 0 atom stereocenters. The smallest absolute Gasteiger partial charge is 0.287 e. The minimum absolute atomic E-state index is 0.0147. The van der Waals surface area contributed by atoms with Crippen LogP contribution in [0.3, 0.4) is 0 Å². The number of nitrogens with one attached hydrogen (secondary N) is 1. The molecule has 1 aliphatic rings. The first kappa shape index (κ1) is 12.8. The van der Waals surface area contributed by atoms with Crippen LogP contribution in [0.2, 0.25) is 5.02 Å². The van der Waals surface area contributed by atoms with Crippen molar-refractivity contribution in [2.45, 2.75) is 31.7 Å². The molecule has 96 valence electrons. The van der Waals surface area contributed by atoms with Gasteiger partial charge in [0, 0.05) is 17.7 Å². The van der Waals surface area contributed by atoms with Crippen LogP contribution in [0.5, 0.6) is 0 Å². The van der Waals surface area contributed by atoms with Crippen molar-refractivity contribution in [2.24, 2.45) is 0 Å². The highest BCUT2D eigenvalue weighted by molar-refractivity contribution is 6.33. The maximum atomic E-state index is 11.9. The van der Waals surface area contributed by atoms with Gasteiger partial charge in [-0.3, -0.25) is 14.9 Å². The van der Waals surface area contributed by atoms with E-state index in [1.807, 2.05) is 0 Å². The second-order valence-electron chi connectivity index (χ2n) is 4.38. The molecule has 2 rings (SSSR count). The molecule has 5 nitrogen and oxygen atoms in total. The molecule has 0 aliphatic heterocycles. The number of carbonyl (C=O) groups is 1. The third kappa shape index (κ3) is 2.79. The zero-order valence-corrected chi connectivity index (χ0v) is 10.4. The van der Waals surface area contributed by atoms with Gasteiger partial charge in [-0.15, -0.1) is 0 Å². The number of hydrogen-bond donors (Lipinski definition) is 1. The number of amides is 1. The molecule has 1 amide bonds. The maximum Gasteiger partial charge on any atom is 0.287 e. The van der Waals surface area contributed by atoms with Crippen molar-refractivity contribution in [3.05, 3.63) is 38.9 Å². The highest BCUT2D eigenvalue weighted by Crippen LogP contribution is 2.25. The summed E-state index contributed by atoms with van der Waals surface area (Å²) in [4.78, 5) is 21.9. The van der Waals surface area contributed by atoms with Crippen LogP contribution >= 0.6 is 11.6 Å². The number of nitro benzene ring substituents is 1. The molecule has 0 saturated heterocycles. The lowest BCUT2D eigenvalue weighted by Crippen LogP contribution is -2.32. The second kappa shape index (κ2) is 5.35. The van der Waals surface area contributed by atoms with Crippen molar-refractivity contribution in [3.8, 4) is 0 Å². The zero-order chi connectivity index (χ0) is 13.1. The van der Waals surface area contributed by atoms with E-state index in [9.17, 15) is 14.9 Å². The molecular weight excluding hydrogens is 256 g/mol. The summed E-state index contributed by atoms with van der Waals surface area (Å²) in [6, 6.07) is 4.23. The summed E-state index contributed by atoms with van der Waals surface area (Å²) in [5.74, 6) is -0.223. The first-order chi connectivity index (χ1) is 8.58. The highest BCUT2D eigenvalue weighted by atomic mass is 35.5. The number of halogens is 1. The van der Waals surface area contributed by atoms with E-state index in [2.05, 4.69) is 5.32 Å². The van der Waals surface area contributed by atoms with E-state index in [1.165, 1.54) is 18.2 Å².